The predicted molar refractivity (Wildman–Crippen MR) is 147 cm³/mol. The summed E-state index contributed by atoms with van der Waals surface area (Å²) < 4.78 is 1.99. The molecule has 4 aromatic heterocycles. The van der Waals surface area contributed by atoms with Crippen LogP contribution >= 0.6 is 0 Å². The summed E-state index contributed by atoms with van der Waals surface area (Å²) >= 11 is 0. The predicted octanol–water partition coefficient (Wildman–Crippen LogP) is 4.55. The second-order valence-electron chi connectivity index (χ2n) is 10.3. The molecule has 0 saturated carbocycles. The molecule has 8 heteroatoms. The topological polar surface area (TPSA) is 87.0 Å². The minimum atomic E-state index is 0.650. The van der Waals surface area contributed by atoms with Crippen LogP contribution in [-0.4, -0.2) is 59.9 Å². The van der Waals surface area contributed by atoms with Gasteiger partial charge in [-0.05, 0) is 47.9 Å². The SMILES string of the molecule is c1cc(CN2CC3C[C@H]2CN3)cc(-c2ccnc3c(-c4cccc5[nH]ncc45)c(-c4ccncc4)nn23)c1. The van der Waals surface area contributed by atoms with Gasteiger partial charge in [-0.1, -0.05) is 30.3 Å². The molecule has 186 valence electrons. The summed E-state index contributed by atoms with van der Waals surface area (Å²) in [5.74, 6) is 0. The first kappa shape index (κ1) is 21.7. The Morgan fingerprint density at radius 2 is 1.87 bits per heavy atom. The van der Waals surface area contributed by atoms with E-state index in [1.807, 2.05) is 41.2 Å². The zero-order valence-electron chi connectivity index (χ0n) is 20.7. The molecule has 2 N–H and O–H groups in total. The number of aromatic nitrogens is 6. The molecule has 2 aromatic carbocycles. The zero-order valence-corrected chi connectivity index (χ0v) is 20.7. The van der Waals surface area contributed by atoms with Crippen molar-refractivity contribution in [2.75, 3.05) is 13.1 Å². The number of piperazine rings is 1. The minimum Gasteiger partial charge on any atom is -0.311 e. The quantitative estimate of drug-likeness (QED) is 0.363. The van der Waals surface area contributed by atoms with E-state index in [1.165, 1.54) is 12.0 Å². The minimum absolute atomic E-state index is 0.650. The Hall–Kier alpha value is -4.40. The van der Waals surface area contributed by atoms with Crippen molar-refractivity contribution in [1.82, 2.24) is 40.0 Å². The summed E-state index contributed by atoms with van der Waals surface area (Å²) in [6.07, 6.45) is 8.64. The molecule has 0 radical (unpaired) electrons. The fourth-order valence-corrected chi connectivity index (χ4v) is 6.21. The first-order valence-electron chi connectivity index (χ1n) is 13.1. The Labute approximate surface area is 219 Å². The number of hydrogen-bond acceptors (Lipinski definition) is 6. The van der Waals surface area contributed by atoms with Crippen LogP contribution in [0.25, 0.3) is 50.2 Å². The van der Waals surface area contributed by atoms with Crippen LogP contribution in [0.2, 0.25) is 0 Å². The number of rotatable bonds is 5. The Balaban J connectivity index is 1.29. The van der Waals surface area contributed by atoms with Gasteiger partial charge in [-0.2, -0.15) is 10.2 Å². The van der Waals surface area contributed by atoms with Crippen molar-refractivity contribution in [3.63, 3.8) is 0 Å². The van der Waals surface area contributed by atoms with E-state index in [0.717, 1.165) is 69.8 Å². The smallest absolute Gasteiger partial charge is 0.164 e. The van der Waals surface area contributed by atoms with Crippen molar-refractivity contribution in [3.8, 4) is 33.6 Å². The Bertz CT molecular complexity index is 1790. The number of nitrogens with one attached hydrogen (secondary N) is 2. The molecule has 1 unspecified atom stereocenters. The highest BCUT2D eigenvalue weighted by molar-refractivity contribution is 6.02. The molecule has 2 saturated heterocycles. The molecule has 0 amide bonds. The lowest BCUT2D eigenvalue weighted by molar-refractivity contribution is 0.218. The standard InChI is InChI=1S/C30H26N8/c1-3-19(17-37-18-22-14-23(37)15-33-22)13-21(4-1)27-9-12-32-30-28(24-5-2-6-26-25(24)16-34-35-26)29(36-38(27)30)20-7-10-31-11-8-20/h1-13,16,22-23,33H,14-15,17-18H2,(H,34,35)/t22?,23-/m0/s1. The Kier molecular flexibility index (Phi) is 4.89. The van der Waals surface area contributed by atoms with Crippen molar-refractivity contribution in [1.29, 1.82) is 0 Å². The molecule has 8 rings (SSSR count). The summed E-state index contributed by atoms with van der Waals surface area (Å²) in [4.78, 5) is 11.7. The number of aromatic amines is 1. The highest BCUT2D eigenvalue weighted by atomic mass is 15.3. The van der Waals surface area contributed by atoms with E-state index in [4.69, 9.17) is 10.1 Å². The van der Waals surface area contributed by atoms with Gasteiger partial charge >= 0.3 is 0 Å². The summed E-state index contributed by atoms with van der Waals surface area (Å²) in [6.45, 7) is 3.21. The maximum atomic E-state index is 5.17. The van der Waals surface area contributed by atoms with Crippen molar-refractivity contribution < 1.29 is 0 Å². The van der Waals surface area contributed by atoms with Crippen LogP contribution in [-0.2, 0) is 6.54 Å². The van der Waals surface area contributed by atoms with Gasteiger partial charge in [0.2, 0.25) is 0 Å². The van der Waals surface area contributed by atoms with Gasteiger partial charge in [-0.3, -0.25) is 15.0 Å². The average molecular weight is 499 g/mol. The average Bonchev–Trinajstić information content (AvgIpc) is 3.76. The highest BCUT2D eigenvalue weighted by Gasteiger charge is 2.37. The summed E-state index contributed by atoms with van der Waals surface area (Å²) in [5, 5.41) is 17.2. The van der Waals surface area contributed by atoms with Crippen molar-refractivity contribution in [2.24, 2.45) is 0 Å². The van der Waals surface area contributed by atoms with Gasteiger partial charge in [0.1, 0.15) is 5.69 Å². The largest absolute Gasteiger partial charge is 0.311 e. The molecule has 2 aliphatic rings. The third kappa shape index (κ3) is 3.45. The van der Waals surface area contributed by atoms with E-state index in [-0.39, 0.29) is 0 Å². The Morgan fingerprint density at radius 1 is 0.947 bits per heavy atom. The van der Waals surface area contributed by atoms with Crippen LogP contribution in [0.5, 0.6) is 0 Å². The first-order chi connectivity index (χ1) is 18.8. The van der Waals surface area contributed by atoms with E-state index < -0.39 is 0 Å². The van der Waals surface area contributed by atoms with Gasteiger partial charge in [-0.25, -0.2) is 9.50 Å². The highest BCUT2D eigenvalue weighted by Crippen LogP contribution is 2.39. The molecule has 2 fully saturated rings. The number of pyridine rings is 1. The van der Waals surface area contributed by atoms with Crippen LogP contribution in [0.3, 0.4) is 0 Å². The number of benzene rings is 2. The van der Waals surface area contributed by atoms with E-state index in [0.29, 0.717) is 12.1 Å². The lowest BCUT2D eigenvalue weighted by Gasteiger charge is -2.27. The molecule has 2 bridgehead atoms. The van der Waals surface area contributed by atoms with E-state index in [2.05, 4.69) is 61.8 Å². The van der Waals surface area contributed by atoms with Gasteiger partial charge in [-0.15, -0.1) is 0 Å². The molecule has 6 heterocycles. The van der Waals surface area contributed by atoms with Crippen LogP contribution in [0, 0.1) is 0 Å². The van der Waals surface area contributed by atoms with Crippen LogP contribution in [0.15, 0.2) is 85.5 Å². The first-order valence-corrected chi connectivity index (χ1v) is 13.1. The van der Waals surface area contributed by atoms with Crippen LogP contribution < -0.4 is 5.32 Å². The van der Waals surface area contributed by atoms with Gasteiger partial charge in [0.15, 0.2) is 5.65 Å². The molecule has 6 aromatic rings. The zero-order chi connectivity index (χ0) is 25.1. The van der Waals surface area contributed by atoms with Crippen molar-refractivity contribution in [2.45, 2.75) is 25.0 Å². The van der Waals surface area contributed by atoms with Crippen molar-refractivity contribution in [3.05, 3.63) is 91.0 Å². The molecule has 8 nitrogen and oxygen atoms in total. The van der Waals surface area contributed by atoms with E-state index >= 15 is 0 Å². The molecule has 38 heavy (non-hydrogen) atoms. The van der Waals surface area contributed by atoms with Crippen LogP contribution in [0.4, 0.5) is 0 Å². The number of fused-ring (bicyclic) bond motifs is 4. The lowest BCUT2D eigenvalue weighted by atomic mass is 9.99. The molecule has 0 aliphatic carbocycles. The number of nitrogens with zero attached hydrogens (tertiary/aromatic N) is 6. The maximum Gasteiger partial charge on any atom is 0.164 e. The second-order valence-corrected chi connectivity index (χ2v) is 10.3. The molecular weight excluding hydrogens is 472 g/mol. The van der Waals surface area contributed by atoms with Crippen LogP contribution in [0.1, 0.15) is 12.0 Å². The normalized spacial score (nSPS) is 19.2. The summed E-state index contributed by atoms with van der Waals surface area (Å²) in [7, 11) is 0. The van der Waals surface area contributed by atoms with Gasteiger partial charge in [0.25, 0.3) is 0 Å². The molecule has 2 atom stereocenters. The Morgan fingerprint density at radius 3 is 2.74 bits per heavy atom. The molecule has 2 aliphatic heterocycles. The number of hydrogen-bond donors (Lipinski definition) is 2. The third-order valence-corrected chi connectivity index (χ3v) is 8.00. The summed E-state index contributed by atoms with van der Waals surface area (Å²) in [5.41, 5.74) is 9.18. The summed E-state index contributed by atoms with van der Waals surface area (Å²) in [6, 6.07) is 22.4. The van der Waals surface area contributed by atoms with Gasteiger partial charge in [0, 0.05) is 66.8 Å². The van der Waals surface area contributed by atoms with Crippen molar-refractivity contribution >= 4 is 16.6 Å². The fraction of sp³-hybridized carbons (Fsp3) is 0.200. The molecular formula is C30H26N8. The third-order valence-electron chi connectivity index (χ3n) is 8.00. The monoisotopic (exact) mass is 498 g/mol. The maximum absolute atomic E-state index is 5.17. The van der Waals surface area contributed by atoms with E-state index in [9.17, 15) is 0 Å². The van der Waals surface area contributed by atoms with Gasteiger partial charge < -0.3 is 5.32 Å². The number of H-pyrrole nitrogens is 1. The van der Waals surface area contributed by atoms with Gasteiger partial charge in [0.05, 0.1) is 23.0 Å². The number of likely N-dealkylation sites (tertiary alicyclic amines) is 1. The molecule has 0 spiro atoms. The second kappa shape index (κ2) is 8.58. The lowest BCUT2D eigenvalue weighted by Crippen LogP contribution is -2.42. The fourth-order valence-electron chi connectivity index (χ4n) is 6.21. The van der Waals surface area contributed by atoms with E-state index in [1.54, 1.807) is 12.4 Å².